The van der Waals surface area contributed by atoms with Crippen molar-refractivity contribution in [3.05, 3.63) is 188 Å². The van der Waals surface area contributed by atoms with Crippen molar-refractivity contribution in [2.45, 2.75) is 0 Å². The lowest BCUT2D eigenvalue weighted by Crippen LogP contribution is -1.95. The average Bonchev–Trinajstić information content (AvgIpc) is 3.83. The monoisotopic (exact) mass is 709 g/mol. The van der Waals surface area contributed by atoms with Crippen molar-refractivity contribution in [1.29, 1.82) is 0 Å². The van der Waals surface area contributed by atoms with Crippen LogP contribution in [-0.2, 0) is 0 Å². The first-order valence-electron chi connectivity index (χ1n) is 19.4. The predicted octanol–water partition coefficient (Wildman–Crippen LogP) is 15.3. The Morgan fingerprint density at radius 3 is 1.45 bits per heavy atom. The standard InChI is InChI=1S/C54H31NO/c1-2-18-37-35(16-1)36-17-3-4-21-40(36)46-31-33(28-29-41(37)46)32-14-13-15-34(30-32)55-47-26-11-9-24-44(47)51-49-42-22-7-5-19-38(42)39-20-6-8-23-43(39)50(49)52-45-25-10-12-27-48(45)56-54(52)53(51)55/h1-31H. The van der Waals surface area contributed by atoms with Gasteiger partial charge in [-0.05, 0) is 95.3 Å². The Kier molecular flexibility index (Phi) is 5.92. The van der Waals surface area contributed by atoms with Crippen molar-refractivity contribution in [1.82, 2.24) is 4.57 Å². The smallest absolute Gasteiger partial charge is 0.160 e. The Bertz CT molecular complexity index is 3790. The van der Waals surface area contributed by atoms with Crippen molar-refractivity contribution in [2.24, 2.45) is 0 Å². The highest BCUT2D eigenvalue weighted by Crippen LogP contribution is 2.50. The molecule has 0 spiro atoms. The quantitative estimate of drug-likeness (QED) is 0.163. The Morgan fingerprint density at radius 2 is 0.786 bits per heavy atom. The lowest BCUT2D eigenvalue weighted by atomic mass is 9.89. The van der Waals surface area contributed by atoms with Crippen LogP contribution in [0, 0.1) is 0 Å². The highest BCUT2D eigenvalue weighted by Gasteiger charge is 2.26. The molecule has 0 saturated heterocycles. The number of furan rings is 1. The Balaban J connectivity index is 1.17. The average molecular weight is 710 g/mol. The van der Waals surface area contributed by atoms with Crippen LogP contribution in [-0.4, -0.2) is 4.57 Å². The summed E-state index contributed by atoms with van der Waals surface area (Å²) in [4.78, 5) is 0. The van der Waals surface area contributed by atoms with Crippen LogP contribution in [0.1, 0.15) is 0 Å². The SMILES string of the molecule is c1cc(-c2ccc3c4ccccc4c4ccccc4c3c2)cc(-n2c3ccccc3c3c4c5ccccc5c5ccccc5c4c4c5ccccc5oc4c32)c1. The fraction of sp³-hybridized carbons (Fsp3) is 0. The lowest BCUT2D eigenvalue weighted by molar-refractivity contribution is 0.671. The fourth-order valence-corrected chi connectivity index (χ4v) is 10.0. The number of fused-ring (bicyclic) bond motifs is 21. The molecule has 0 N–H and O–H groups in total. The fourth-order valence-electron chi connectivity index (χ4n) is 10.0. The van der Waals surface area contributed by atoms with E-state index in [1.807, 2.05) is 0 Å². The number of hydrogen-bond acceptors (Lipinski definition) is 1. The summed E-state index contributed by atoms with van der Waals surface area (Å²) in [5.41, 5.74) is 7.53. The number of nitrogens with zero attached hydrogens (tertiary/aromatic N) is 1. The van der Waals surface area contributed by atoms with Crippen LogP contribution < -0.4 is 0 Å². The van der Waals surface area contributed by atoms with E-state index in [9.17, 15) is 0 Å². The van der Waals surface area contributed by atoms with Crippen molar-refractivity contribution in [3.63, 3.8) is 0 Å². The Labute approximate surface area is 321 Å². The second-order valence-electron chi connectivity index (χ2n) is 15.1. The molecule has 11 aromatic carbocycles. The third-order valence-corrected chi connectivity index (χ3v) is 12.3. The van der Waals surface area contributed by atoms with Gasteiger partial charge in [-0.15, -0.1) is 0 Å². The zero-order valence-corrected chi connectivity index (χ0v) is 30.3. The summed E-state index contributed by atoms with van der Waals surface area (Å²) in [5, 5.41) is 20.0. The molecule has 0 fully saturated rings. The van der Waals surface area contributed by atoms with Crippen LogP contribution in [0.15, 0.2) is 192 Å². The summed E-state index contributed by atoms with van der Waals surface area (Å²) in [7, 11) is 0. The largest absolute Gasteiger partial charge is 0.454 e. The van der Waals surface area contributed by atoms with Gasteiger partial charge in [0.05, 0.1) is 11.0 Å². The van der Waals surface area contributed by atoms with E-state index in [1.165, 1.54) is 91.9 Å². The molecule has 0 unspecified atom stereocenters. The van der Waals surface area contributed by atoms with Crippen LogP contribution in [0.3, 0.4) is 0 Å². The van der Waals surface area contributed by atoms with Gasteiger partial charge in [0.2, 0.25) is 0 Å². The van der Waals surface area contributed by atoms with E-state index in [2.05, 4.69) is 193 Å². The van der Waals surface area contributed by atoms with Crippen LogP contribution >= 0.6 is 0 Å². The minimum absolute atomic E-state index is 0.898. The zero-order chi connectivity index (χ0) is 36.5. The van der Waals surface area contributed by atoms with E-state index in [-0.39, 0.29) is 0 Å². The van der Waals surface area contributed by atoms with Gasteiger partial charge in [-0.2, -0.15) is 0 Å². The third-order valence-electron chi connectivity index (χ3n) is 12.3. The summed E-state index contributed by atoms with van der Waals surface area (Å²) in [6, 6.07) is 68.8. The number of hydrogen-bond donors (Lipinski definition) is 0. The summed E-state index contributed by atoms with van der Waals surface area (Å²) in [5.74, 6) is 0. The van der Waals surface area contributed by atoms with Crippen molar-refractivity contribution in [3.8, 4) is 16.8 Å². The molecule has 0 aliphatic rings. The molecular formula is C54H31NO. The van der Waals surface area contributed by atoms with Crippen molar-refractivity contribution >= 4 is 108 Å². The van der Waals surface area contributed by atoms with Crippen LogP contribution in [0.2, 0.25) is 0 Å². The third kappa shape index (κ3) is 3.90. The van der Waals surface area contributed by atoms with E-state index < -0.39 is 0 Å². The summed E-state index contributed by atoms with van der Waals surface area (Å²) < 4.78 is 9.50. The topological polar surface area (TPSA) is 18.1 Å². The van der Waals surface area contributed by atoms with Gasteiger partial charge in [-0.3, -0.25) is 0 Å². The second-order valence-corrected chi connectivity index (χ2v) is 15.1. The molecular weight excluding hydrogens is 679 g/mol. The number of para-hydroxylation sites is 2. The van der Waals surface area contributed by atoms with Gasteiger partial charge in [-0.1, -0.05) is 158 Å². The normalized spacial score (nSPS) is 12.3. The van der Waals surface area contributed by atoms with Gasteiger partial charge < -0.3 is 8.98 Å². The first kappa shape index (κ1) is 30.0. The van der Waals surface area contributed by atoms with Crippen LogP contribution in [0.5, 0.6) is 0 Å². The number of aromatic nitrogens is 1. The molecule has 56 heavy (non-hydrogen) atoms. The molecule has 258 valence electrons. The first-order chi connectivity index (χ1) is 27.8. The molecule has 0 aliphatic carbocycles. The van der Waals surface area contributed by atoms with Gasteiger partial charge in [0, 0.05) is 38.0 Å². The minimum Gasteiger partial charge on any atom is -0.454 e. The van der Waals surface area contributed by atoms with E-state index in [4.69, 9.17) is 4.42 Å². The van der Waals surface area contributed by atoms with Crippen molar-refractivity contribution in [2.75, 3.05) is 0 Å². The van der Waals surface area contributed by atoms with Gasteiger partial charge in [0.25, 0.3) is 0 Å². The molecule has 0 saturated carbocycles. The van der Waals surface area contributed by atoms with Gasteiger partial charge in [-0.25, -0.2) is 0 Å². The Hall–Kier alpha value is -7.42. The van der Waals surface area contributed by atoms with E-state index in [1.54, 1.807) is 0 Å². The molecule has 2 heteroatoms. The van der Waals surface area contributed by atoms with Gasteiger partial charge in [0.15, 0.2) is 5.58 Å². The lowest BCUT2D eigenvalue weighted by Gasteiger charge is -2.15. The molecule has 0 bridgehead atoms. The van der Waals surface area contributed by atoms with E-state index in [0.29, 0.717) is 0 Å². The van der Waals surface area contributed by atoms with Gasteiger partial charge in [0.1, 0.15) is 5.58 Å². The molecule has 0 amide bonds. The number of benzene rings is 11. The maximum absolute atomic E-state index is 7.04. The minimum atomic E-state index is 0.898. The van der Waals surface area contributed by atoms with Gasteiger partial charge >= 0.3 is 0 Å². The maximum atomic E-state index is 7.04. The zero-order valence-electron chi connectivity index (χ0n) is 30.3. The molecule has 2 aromatic heterocycles. The second kappa shape index (κ2) is 11.1. The summed E-state index contributed by atoms with van der Waals surface area (Å²) >= 11 is 0. The van der Waals surface area contributed by atoms with Crippen molar-refractivity contribution < 1.29 is 4.42 Å². The maximum Gasteiger partial charge on any atom is 0.160 e. The molecule has 0 atom stereocenters. The Morgan fingerprint density at radius 1 is 0.304 bits per heavy atom. The molecule has 0 aliphatic heterocycles. The van der Waals surface area contributed by atoms with E-state index >= 15 is 0 Å². The summed E-state index contributed by atoms with van der Waals surface area (Å²) in [6.45, 7) is 0. The van der Waals surface area contributed by atoms with Crippen LogP contribution in [0.25, 0.3) is 125 Å². The highest BCUT2D eigenvalue weighted by atomic mass is 16.3. The predicted molar refractivity (Wildman–Crippen MR) is 239 cm³/mol. The first-order valence-corrected chi connectivity index (χ1v) is 19.4. The molecule has 0 radical (unpaired) electrons. The van der Waals surface area contributed by atoms with E-state index in [0.717, 1.165) is 33.3 Å². The molecule has 2 heterocycles. The van der Waals surface area contributed by atoms with Crippen LogP contribution in [0.4, 0.5) is 0 Å². The molecule has 13 aromatic rings. The summed E-state index contributed by atoms with van der Waals surface area (Å²) in [6.07, 6.45) is 0. The molecule has 2 nitrogen and oxygen atoms in total. The number of rotatable bonds is 2. The molecule has 13 rings (SSSR count). The highest BCUT2D eigenvalue weighted by molar-refractivity contribution is 6.44.